The van der Waals surface area contributed by atoms with Gasteiger partial charge in [-0.05, 0) is 88.5 Å². The number of benzene rings is 1. The molecule has 1 aromatic carbocycles. The molecular weight excluding hydrogens is 294 g/mol. The Morgan fingerprint density at radius 3 is 2.29 bits per heavy atom. The average molecular weight is 328 g/mol. The molecule has 2 heteroatoms. The molecule has 0 aromatic heterocycles. The summed E-state index contributed by atoms with van der Waals surface area (Å²) in [6.07, 6.45) is 8.27. The Balaban J connectivity index is 1.42. The van der Waals surface area contributed by atoms with Crippen molar-refractivity contribution in [1.82, 2.24) is 5.32 Å². The van der Waals surface area contributed by atoms with Gasteiger partial charge in [0.05, 0.1) is 5.60 Å². The largest absolute Gasteiger partial charge is 0.390 e. The van der Waals surface area contributed by atoms with Gasteiger partial charge in [-0.2, -0.15) is 0 Å². The smallest absolute Gasteiger partial charge is 0.0659 e. The van der Waals surface area contributed by atoms with Crippen LogP contribution in [0, 0.1) is 24.2 Å². The van der Waals surface area contributed by atoms with Crippen LogP contribution in [0.4, 0.5) is 0 Å². The molecule has 0 aliphatic heterocycles. The number of hydrogen-bond acceptors (Lipinski definition) is 2. The molecule has 24 heavy (non-hydrogen) atoms. The van der Waals surface area contributed by atoms with Crippen molar-refractivity contribution in [3.05, 3.63) is 35.4 Å². The summed E-state index contributed by atoms with van der Waals surface area (Å²) < 4.78 is 0. The van der Waals surface area contributed by atoms with E-state index in [1.807, 2.05) is 0 Å². The van der Waals surface area contributed by atoms with Crippen molar-refractivity contribution in [1.29, 1.82) is 0 Å². The SMILES string of the molecule is Cc1ccc(C[C@@H](C)N[C@@H](C)C23C[C@@H]4C[C@@H](CC(O)(C4)C2)C3)cc1. The highest BCUT2D eigenvalue weighted by atomic mass is 16.3. The van der Waals surface area contributed by atoms with E-state index >= 15 is 0 Å². The van der Waals surface area contributed by atoms with Crippen LogP contribution in [0.25, 0.3) is 0 Å². The van der Waals surface area contributed by atoms with Gasteiger partial charge in [0.1, 0.15) is 0 Å². The molecule has 0 amide bonds. The third-order valence-corrected chi connectivity index (χ3v) is 7.19. The summed E-state index contributed by atoms with van der Waals surface area (Å²) in [5, 5.41) is 14.9. The fourth-order valence-electron chi connectivity index (χ4n) is 6.53. The summed E-state index contributed by atoms with van der Waals surface area (Å²) in [6.45, 7) is 6.83. The highest BCUT2D eigenvalue weighted by Crippen LogP contribution is 2.62. The monoisotopic (exact) mass is 327 g/mol. The van der Waals surface area contributed by atoms with Crippen LogP contribution >= 0.6 is 0 Å². The lowest BCUT2D eigenvalue weighted by Crippen LogP contribution is -2.62. The van der Waals surface area contributed by atoms with Crippen LogP contribution in [0.2, 0.25) is 0 Å². The third kappa shape index (κ3) is 3.04. The summed E-state index contributed by atoms with van der Waals surface area (Å²) in [5.41, 5.74) is 2.73. The van der Waals surface area contributed by atoms with E-state index in [0.717, 1.165) is 37.5 Å². The van der Waals surface area contributed by atoms with E-state index in [2.05, 4.69) is 50.4 Å². The Morgan fingerprint density at radius 1 is 1.08 bits per heavy atom. The van der Waals surface area contributed by atoms with Gasteiger partial charge >= 0.3 is 0 Å². The fraction of sp³-hybridized carbons (Fsp3) is 0.727. The molecule has 4 saturated carbocycles. The second-order valence-corrected chi connectivity index (χ2v) is 9.53. The molecule has 132 valence electrons. The first kappa shape index (κ1) is 16.6. The predicted octanol–water partition coefficient (Wildman–Crippen LogP) is 4.24. The number of aliphatic hydroxyl groups is 1. The molecule has 5 rings (SSSR count). The lowest BCUT2D eigenvalue weighted by Gasteiger charge is -2.62. The van der Waals surface area contributed by atoms with E-state index in [1.54, 1.807) is 0 Å². The van der Waals surface area contributed by atoms with Crippen molar-refractivity contribution in [3.63, 3.8) is 0 Å². The molecule has 2 unspecified atom stereocenters. The topological polar surface area (TPSA) is 32.3 Å². The van der Waals surface area contributed by atoms with Crippen molar-refractivity contribution in [2.75, 3.05) is 0 Å². The fourth-order valence-corrected chi connectivity index (χ4v) is 6.53. The van der Waals surface area contributed by atoms with Crippen LogP contribution in [0.5, 0.6) is 0 Å². The average Bonchev–Trinajstić information content (AvgIpc) is 2.47. The molecule has 0 heterocycles. The lowest BCUT2D eigenvalue weighted by atomic mass is 9.46. The Labute approximate surface area is 147 Å². The van der Waals surface area contributed by atoms with Gasteiger partial charge in [0.25, 0.3) is 0 Å². The summed E-state index contributed by atoms with van der Waals surface area (Å²) in [6, 6.07) is 9.90. The first-order chi connectivity index (χ1) is 11.4. The summed E-state index contributed by atoms with van der Waals surface area (Å²) in [7, 11) is 0. The van der Waals surface area contributed by atoms with E-state index in [1.165, 1.54) is 30.4 Å². The molecule has 4 fully saturated rings. The van der Waals surface area contributed by atoms with Crippen LogP contribution < -0.4 is 5.32 Å². The molecule has 0 radical (unpaired) electrons. The minimum atomic E-state index is -0.347. The van der Waals surface area contributed by atoms with Crippen molar-refractivity contribution < 1.29 is 5.11 Å². The van der Waals surface area contributed by atoms with Crippen LogP contribution in [0.1, 0.15) is 63.5 Å². The van der Waals surface area contributed by atoms with E-state index < -0.39 is 0 Å². The first-order valence-electron chi connectivity index (χ1n) is 9.90. The van der Waals surface area contributed by atoms with Crippen LogP contribution in [0.15, 0.2) is 24.3 Å². The van der Waals surface area contributed by atoms with E-state index in [-0.39, 0.29) is 5.60 Å². The van der Waals surface area contributed by atoms with Crippen molar-refractivity contribution >= 4 is 0 Å². The quantitative estimate of drug-likeness (QED) is 0.848. The zero-order chi connectivity index (χ0) is 16.9. The van der Waals surface area contributed by atoms with E-state index in [0.29, 0.717) is 17.5 Å². The van der Waals surface area contributed by atoms with Gasteiger partial charge in [0.15, 0.2) is 0 Å². The molecule has 4 aliphatic carbocycles. The molecule has 2 N–H and O–H groups in total. The number of aryl methyl sites for hydroxylation is 1. The van der Waals surface area contributed by atoms with E-state index in [4.69, 9.17) is 0 Å². The second-order valence-electron chi connectivity index (χ2n) is 9.53. The maximum atomic E-state index is 11.0. The minimum Gasteiger partial charge on any atom is -0.390 e. The van der Waals surface area contributed by atoms with Gasteiger partial charge < -0.3 is 10.4 Å². The lowest BCUT2D eigenvalue weighted by molar-refractivity contribution is -0.172. The van der Waals surface area contributed by atoms with Gasteiger partial charge in [-0.1, -0.05) is 29.8 Å². The Morgan fingerprint density at radius 2 is 1.71 bits per heavy atom. The van der Waals surface area contributed by atoms with Gasteiger partial charge in [0, 0.05) is 12.1 Å². The summed E-state index contributed by atoms with van der Waals surface area (Å²) >= 11 is 0. The number of nitrogens with one attached hydrogen (secondary N) is 1. The van der Waals surface area contributed by atoms with Crippen LogP contribution in [-0.4, -0.2) is 22.8 Å². The summed E-state index contributed by atoms with van der Waals surface area (Å²) in [5.74, 6) is 1.54. The number of hydrogen-bond donors (Lipinski definition) is 2. The highest BCUT2D eigenvalue weighted by Gasteiger charge is 2.58. The van der Waals surface area contributed by atoms with Crippen molar-refractivity contribution in [3.8, 4) is 0 Å². The molecular formula is C22H33NO. The Hall–Kier alpha value is -0.860. The molecule has 0 saturated heterocycles. The molecule has 0 spiro atoms. The zero-order valence-electron chi connectivity index (χ0n) is 15.5. The van der Waals surface area contributed by atoms with Crippen LogP contribution in [-0.2, 0) is 6.42 Å². The standard InChI is InChI=1S/C22H33NO/c1-15-4-6-18(7-5-15)8-16(2)23-17(3)21-10-19-9-20(11-21)13-22(24,12-19)14-21/h4-7,16-17,19-20,23-24H,8-14H2,1-3H3/t16-,17+,19-,20+,21?,22?/m1/s1. The van der Waals surface area contributed by atoms with Crippen molar-refractivity contribution in [2.24, 2.45) is 17.3 Å². The maximum Gasteiger partial charge on any atom is 0.0659 e. The molecule has 2 nitrogen and oxygen atoms in total. The van der Waals surface area contributed by atoms with Crippen molar-refractivity contribution in [2.45, 2.75) is 83.4 Å². The first-order valence-corrected chi connectivity index (χ1v) is 9.90. The Kier molecular flexibility index (Phi) is 4.04. The van der Waals surface area contributed by atoms with Gasteiger partial charge in [-0.3, -0.25) is 0 Å². The second kappa shape index (κ2) is 5.85. The van der Waals surface area contributed by atoms with Gasteiger partial charge in [0.2, 0.25) is 0 Å². The molecule has 4 bridgehead atoms. The maximum absolute atomic E-state index is 11.0. The number of rotatable bonds is 5. The van der Waals surface area contributed by atoms with Gasteiger partial charge in [-0.25, -0.2) is 0 Å². The highest BCUT2D eigenvalue weighted by molar-refractivity contribution is 5.22. The molecule has 4 aliphatic rings. The third-order valence-electron chi connectivity index (χ3n) is 7.19. The minimum absolute atomic E-state index is 0.334. The Bertz CT molecular complexity index is 578. The van der Waals surface area contributed by atoms with Gasteiger partial charge in [-0.15, -0.1) is 0 Å². The molecule has 1 aromatic rings. The molecule has 6 atom stereocenters. The summed E-state index contributed by atoms with van der Waals surface area (Å²) in [4.78, 5) is 0. The van der Waals surface area contributed by atoms with E-state index in [9.17, 15) is 5.11 Å². The van der Waals surface area contributed by atoms with Crippen LogP contribution in [0.3, 0.4) is 0 Å². The zero-order valence-corrected chi connectivity index (χ0v) is 15.5. The normalized spacial score (nSPS) is 39.8. The predicted molar refractivity (Wildman–Crippen MR) is 99.0 cm³/mol.